The van der Waals surface area contributed by atoms with Crippen LogP contribution in [0.15, 0.2) is 40.9 Å². The van der Waals surface area contributed by atoms with Gasteiger partial charge in [-0.05, 0) is 67.6 Å². The normalized spacial score (nSPS) is 25.4. The van der Waals surface area contributed by atoms with Gasteiger partial charge < -0.3 is 14.6 Å². The van der Waals surface area contributed by atoms with Crippen molar-refractivity contribution >= 4 is 15.9 Å². The Kier molecular flexibility index (Phi) is 4.62. The summed E-state index contributed by atoms with van der Waals surface area (Å²) >= 11 is 3.53. The number of para-hydroxylation sites is 1. The van der Waals surface area contributed by atoms with Gasteiger partial charge >= 0.3 is 0 Å². The molecule has 1 saturated heterocycles. The second-order valence-corrected chi connectivity index (χ2v) is 8.66. The van der Waals surface area contributed by atoms with E-state index in [1.54, 1.807) is 0 Å². The molecule has 5 rings (SSSR count). The maximum Gasteiger partial charge on any atom is 0.164 e. The zero-order valence-electron chi connectivity index (χ0n) is 15.2. The third kappa shape index (κ3) is 3.16. The van der Waals surface area contributed by atoms with Gasteiger partial charge in [0.2, 0.25) is 0 Å². The molecule has 3 aliphatic rings. The minimum atomic E-state index is -0.393. The zero-order chi connectivity index (χ0) is 18.4. The average molecular weight is 430 g/mol. The van der Waals surface area contributed by atoms with Crippen LogP contribution in [0.4, 0.5) is 0 Å². The highest BCUT2D eigenvalue weighted by molar-refractivity contribution is 9.10. The van der Waals surface area contributed by atoms with E-state index in [-0.39, 0.29) is 6.04 Å². The number of ether oxygens (including phenoxy) is 2. The van der Waals surface area contributed by atoms with E-state index in [4.69, 9.17) is 9.47 Å². The summed E-state index contributed by atoms with van der Waals surface area (Å²) in [5.74, 6) is 2.32. The first-order valence-corrected chi connectivity index (χ1v) is 10.6. The molecule has 2 aromatic rings. The van der Waals surface area contributed by atoms with E-state index in [1.165, 1.54) is 11.1 Å². The first-order valence-electron chi connectivity index (χ1n) is 9.79. The molecule has 5 heteroatoms. The van der Waals surface area contributed by atoms with E-state index < -0.39 is 6.10 Å². The van der Waals surface area contributed by atoms with E-state index in [0.717, 1.165) is 53.9 Å². The van der Waals surface area contributed by atoms with Crippen LogP contribution >= 0.6 is 15.9 Å². The summed E-state index contributed by atoms with van der Waals surface area (Å²) < 4.78 is 12.7. The summed E-state index contributed by atoms with van der Waals surface area (Å²) in [6.07, 6.45) is 2.72. The molecule has 0 radical (unpaired) electrons. The minimum absolute atomic E-state index is 0.194. The summed E-state index contributed by atoms with van der Waals surface area (Å²) in [6, 6.07) is 12.7. The van der Waals surface area contributed by atoms with Crippen molar-refractivity contribution in [3.05, 3.63) is 57.6 Å². The Morgan fingerprint density at radius 1 is 1.00 bits per heavy atom. The van der Waals surface area contributed by atoms with Crippen LogP contribution in [0.2, 0.25) is 0 Å². The number of halogens is 1. The second kappa shape index (κ2) is 7.12. The Hall–Kier alpha value is -1.56. The third-order valence-corrected chi connectivity index (χ3v) is 6.75. The number of hydrogen-bond acceptors (Lipinski definition) is 4. The fourth-order valence-electron chi connectivity index (χ4n) is 4.86. The molecule has 0 saturated carbocycles. The van der Waals surface area contributed by atoms with Crippen LogP contribution in [-0.2, 0) is 6.42 Å². The highest BCUT2D eigenvalue weighted by Gasteiger charge is 2.37. The smallest absolute Gasteiger partial charge is 0.164 e. The molecule has 2 heterocycles. The number of benzene rings is 2. The molecule has 0 amide bonds. The fourth-order valence-corrected chi connectivity index (χ4v) is 5.24. The van der Waals surface area contributed by atoms with Gasteiger partial charge in [0.15, 0.2) is 11.5 Å². The second-order valence-electron chi connectivity index (χ2n) is 7.74. The Balaban J connectivity index is 1.29. The van der Waals surface area contributed by atoms with Crippen LogP contribution in [0, 0.1) is 0 Å². The molecule has 27 heavy (non-hydrogen) atoms. The molecule has 0 bridgehead atoms. The van der Waals surface area contributed by atoms with Gasteiger partial charge in [0.25, 0.3) is 0 Å². The first-order chi connectivity index (χ1) is 13.2. The van der Waals surface area contributed by atoms with E-state index in [2.05, 4.69) is 51.2 Å². The molecule has 142 valence electrons. The molecular formula is C22H24BrNO3. The van der Waals surface area contributed by atoms with Gasteiger partial charge in [-0.1, -0.05) is 34.1 Å². The van der Waals surface area contributed by atoms with Crippen molar-refractivity contribution in [2.45, 2.75) is 37.3 Å². The molecular weight excluding hydrogens is 406 g/mol. The first kappa shape index (κ1) is 17.5. The molecule has 2 aliphatic heterocycles. The molecule has 1 N–H and O–H groups in total. The SMILES string of the molecule is O[C@@H]1c2cc(Br)ccc2C[C@H]1N1CCC(c2cccc3c2OCCO3)CC1. The number of piperidine rings is 1. The Bertz CT molecular complexity index is 847. The number of fused-ring (bicyclic) bond motifs is 2. The molecule has 0 aromatic heterocycles. The Labute approximate surface area is 168 Å². The zero-order valence-corrected chi connectivity index (χ0v) is 16.8. The van der Waals surface area contributed by atoms with Gasteiger partial charge in [-0.15, -0.1) is 0 Å². The number of hydrogen-bond donors (Lipinski definition) is 1. The van der Waals surface area contributed by atoms with Crippen molar-refractivity contribution < 1.29 is 14.6 Å². The lowest BCUT2D eigenvalue weighted by Crippen LogP contribution is -2.43. The maximum atomic E-state index is 10.9. The third-order valence-electron chi connectivity index (χ3n) is 6.26. The number of rotatable bonds is 2. The highest BCUT2D eigenvalue weighted by Crippen LogP contribution is 2.43. The van der Waals surface area contributed by atoms with Crippen LogP contribution in [0.5, 0.6) is 11.5 Å². The van der Waals surface area contributed by atoms with E-state index in [0.29, 0.717) is 19.1 Å². The number of aliphatic hydroxyl groups excluding tert-OH is 1. The van der Waals surface area contributed by atoms with Crippen molar-refractivity contribution in [2.75, 3.05) is 26.3 Å². The van der Waals surface area contributed by atoms with Crippen LogP contribution in [0.25, 0.3) is 0 Å². The van der Waals surface area contributed by atoms with Gasteiger partial charge in [-0.2, -0.15) is 0 Å². The van der Waals surface area contributed by atoms with E-state index >= 15 is 0 Å². The number of nitrogens with zero attached hydrogens (tertiary/aromatic N) is 1. The predicted octanol–water partition coefficient (Wildman–Crippen LogP) is 4.06. The molecule has 2 aromatic carbocycles. The molecule has 4 nitrogen and oxygen atoms in total. The van der Waals surface area contributed by atoms with Gasteiger partial charge in [0, 0.05) is 16.1 Å². The Morgan fingerprint density at radius 3 is 2.67 bits per heavy atom. The lowest BCUT2D eigenvalue weighted by atomic mass is 9.87. The summed E-state index contributed by atoms with van der Waals surface area (Å²) in [6.45, 7) is 3.27. The Morgan fingerprint density at radius 2 is 1.81 bits per heavy atom. The van der Waals surface area contributed by atoms with Crippen molar-refractivity contribution in [2.24, 2.45) is 0 Å². The van der Waals surface area contributed by atoms with Gasteiger partial charge in [-0.25, -0.2) is 0 Å². The fraction of sp³-hybridized carbons (Fsp3) is 0.455. The predicted molar refractivity (Wildman–Crippen MR) is 108 cm³/mol. The maximum absolute atomic E-state index is 10.9. The van der Waals surface area contributed by atoms with E-state index in [9.17, 15) is 5.11 Å². The molecule has 2 atom stereocenters. The van der Waals surface area contributed by atoms with Gasteiger partial charge in [0.05, 0.1) is 6.10 Å². The lowest BCUT2D eigenvalue weighted by molar-refractivity contribution is 0.0454. The number of likely N-dealkylation sites (tertiary alicyclic amines) is 1. The average Bonchev–Trinajstić information content (AvgIpc) is 3.04. The number of aliphatic hydroxyl groups is 1. The quantitative estimate of drug-likeness (QED) is 0.781. The topological polar surface area (TPSA) is 41.9 Å². The molecule has 1 aliphatic carbocycles. The van der Waals surface area contributed by atoms with Crippen LogP contribution < -0.4 is 9.47 Å². The summed E-state index contributed by atoms with van der Waals surface area (Å²) in [4.78, 5) is 2.47. The lowest BCUT2D eigenvalue weighted by Gasteiger charge is -2.38. The largest absolute Gasteiger partial charge is 0.486 e. The van der Waals surface area contributed by atoms with Crippen LogP contribution in [0.3, 0.4) is 0 Å². The summed E-state index contributed by atoms with van der Waals surface area (Å²) in [5, 5.41) is 10.9. The van der Waals surface area contributed by atoms with E-state index in [1.807, 2.05) is 6.07 Å². The summed E-state index contributed by atoms with van der Waals surface area (Å²) in [7, 11) is 0. The van der Waals surface area contributed by atoms with Gasteiger partial charge in [-0.3, -0.25) is 4.90 Å². The van der Waals surface area contributed by atoms with Crippen LogP contribution in [0.1, 0.15) is 41.6 Å². The standard InChI is InChI=1S/C22H24BrNO3/c23-16-5-4-15-12-19(21(25)18(15)13-16)24-8-6-14(7-9-24)17-2-1-3-20-22(17)27-11-10-26-20/h1-5,13-14,19,21,25H,6-12H2/t19-,21-/m1/s1. The summed E-state index contributed by atoms with van der Waals surface area (Å²) in [5.41, 5.74) is 3.64. The van der Waals surface area contributed by atoms with Crippen LogP contribution in [-0.4, -0.2) is 42.4 Å². The molecule has 0 spiro atoms. The van der Waals surface area contributed by atoms with Crippen molar-refractivity contribution in [1.29, 1.82) is 0 Å². The van der Waals surface area contributed by atoms with Crippen molar-refractivity contribution in [3.63, 3.8) is 0 Å². The monoisotopic (exact) mass is 429 g/mol. The van der Waals surface area contributed by atoms with Crippen molar-refractivity contribution in [1.82, 2.24) is 4.90 Å². The van der Waals surface area contributed by atoms with Crippen molar-refractivity contribution in [3.8, 4) is 11.5 Å². The molecule has 0 unspecified atom stereocenters. The van der Waals surface area contributed by atoms with Gasteiger partial charge in [0.1, 0.15) is 13.2 Å². The molecule has 1 fully saturated rings. The minimum Gasteiger partial charge on any atom is -0.486 e. The highest BCUT2D eigenvalue weighted by atomic mass is 79.9.